The fourth-order valence-corrected chi connectivity index (χ4v) is 2.04. The summed E-state index contributed by atoms with van der Waals surface area (Å²) in [5.41, 5.74) is -0.00890. The standard InChI is InChI=1S/C12H13BrF3NO/c1-2-17-11(18)6-4-8-3-5-9(7-10(8)13)12(14,15)16/h3,5,7H,2,4,6H2,1H3,(H,17,18). The van der Waals surface area contributed by atoms with Crippen molar-refractivity contribution < 1.29 is 18.0 Å². The summed E-state index contributed by atoms with van der Waals surface area (Å²) in [7, 11) is 0. The SMILES string of the molecule is CCNC(=O)CCc1ccc(C(F)(F)F)cc1Br. The van der Waals surface area contributed by atoms with Gasteiger partial charge in [-0.1, -0.05) is 22.0 Å². The second kappa shape index (κ2) is 6.22. The van der Waals surface area contributed by atoms with Crippen LogP contribution in [0, 0.1) is 0 Å². The molecular formula is C12H13BrF3NO. The molecule has 1 amide bonds. The summed E-state index contributed by atoms with van der Waals surface area (Å²) in [6.07, 6.45) is -3.68. The lowest BCUT2D eigenvalue weighted by Gasteiger charge is -2.10. The third-order valence-electron chi connectivity index (χ3n) is 2.38. The smallest absolute Gasteiger partial charge is 0.356 e. The van der Waals surface area contributed by atoms with E-state index in [4.69, 9.17) is 0 Å². The van der Waals surface area contributed by atoms with Gasteiger partial charge in [-0.3, -0.25) is 4.79 Å². The molecule has 6 heteroatoms. The Morgan fingerprint density at radius 2 is 2.06 bits per heavy atom. The van der Waals surface area contributed by atoms with Gasteiger partial charge in [-0.05, 0) is 31.0 Å². The third kappa shape index (κ3) is 4.33. The van der Waals surface area contributed by atoms with Crippen LogP contribution >= 0.6 is 15.9 Å². The van der Waals surface area contributed by atoms with Gasteiger partial charge in [-0.2, -0.15) is 13.2 Å². The van der Waals surface area contributed by atoms with Crippen molar-refractivity contribution in [3.8, 4) is 0 Å². The number of hydrogen-bond acceptors (Lipinski definition) is 1. The lowest BCUT2D eigenvalue weighted by molar-refractivity contribution is -0.137. The fraction of sp³-hybridized carbons (Fsp3) is 0.417. The number of amides is 1. The van der Waals surface area contributed by atoms with Crippen LogP contribution in [0.15, 0.2) is 22.7 Å². The van der Waals surface area contributed by atoms with Crippen LogP contribution in [0.5, 0.6) is 0 Å². The van der Waals surface area contributed by atoms with Gasteiger partial charge in [0.2, 0.25) is 5.91 Å². The molecule has 0 radical (unpaired) electrons. The number of nitrogens with one attached hydrogen (secondary N) is 1. The van der Waals surface area contributed by atoms with E-state index >= 15 is 0 Å². The second-order valence-corrected chi connectivity index (χ2v) is 4.61. The molecule has 0 aromatic heterocycles. The maximum Gasteiger partial charge on any atom is 0.416 e. The molecule has 100 valence electrons. The zero-order chi connectivity index (χ0) is 13.8. The molecule has 0 saturated heterocycles. The Morgan fingerprint density at radius 1 is 1.39 bits per heavy atom. The van der Waals surface area contributed by atoms with Crippen molar-refractivity contribution in [3.63, 3.8) is 0 Å². The molecule has 0 bridgehead atoms. The van der Waals surface area contributed by atoms with Crippen LogP contribution in [-0.2, 0) is 17.4 Å². The van der Waals surface area contributed by atoms with Crippen molar-refractivity contribution in [3.05, 3.63) is 33.8 Å². The molecule has 1 aromatic carbocycles. The summed E-state index contributed by atoms with van der Waals surface area (Å²) in [6.45, 7) is 2.36. The van der Waals surface area contributed by atoms with E-state index in [0.717, 1.165) is 12.1 Å². The van der Waals surface area contributed by atoms with Gasteiger partial charge >= 0.3 is 6.18 Å². The van der Waals surface area contributed by atoms with E-state index in [0.29, 0.717) is 23.0 Å². The highest BCUT2D eigenvalue weighted by Gasteiger charge is 2.30. The molecule has 1 rings (SSSR count). The van der Waals surface area contributed by atoms with Crippen molar-refractivity contribution >= 4 is 21.8 Å². The minimum absolute atomic E-state index is 0.107. The van der Waals surface area contributed by atoms with E-state index in [2.05, 4.69) is 21.2 Å². The molecule has 0 heterocycles. The van der Waals surface area contributed by atoms with E-state index in [1.807, 2.05) is 6.92 Å². The van der Waals surface area contributed by atoms with Crippen molar-refractivity contribution in [2.75, 3.05) is 6.54 Å². The number of hydrogen-bond donors (Lipinski definition) is 1. The number of rotatable bonds is 4. The first-order valence-corrected chi connectivity index (χ1v) is 6.26. The van der Waals surface area contributed by atoms with Gasteiger partial charge in [-0.25, -0.2) is 0 Å². The first kappa shape index (κ1) is 15.0. The van der Waals surface area contributed by atoms with E-state index in [1.54, 1.807) is 0 Å². The summed E-state index contributed by atoms with van der Waals surface area (Å²) >= 11 is 3.10. The van der Waals surface area contributed by atoms with Crippen LogP contribution in [0.3, 0.4) is 0 Å². The van der Waals surface area contributed by atoms with Gasteiger partial charge in [0.05, 0.1) is 5.56 Å². The highest BCUT2D eigenvalue weighted by molar-refractivity contribution is 9.10. The van der Waals surface area contributed by atoms with Crippen LogP contribution in [0.1, 0.15) is 24.5 Å². The van der Waals surface area contributed by atoms with Crippen molar-refractivity contribution in [1.82, 2.24) is 5.32 Å². The highest BCUT2D eigenvalue weighted by Crippen LogP contribution is 2.32. The van der Waals surface area contributed by atoms with Crippen LogP contribution in [-0.4, -0.2) is 12.5 Å². The topological polar surface area (TPSA) is 29.1 Å². The largest absolute Gasteiger partial charge is 0.416 e. The van der Waals surface area contributed by atoms with E-state index in [9.17, 15) is 18.0 Å². The molecule has 0 fully saturated rings. The van der Waals surface area contributed by atoms with Crippen LogP contribution in [0.2, 0.25) is 0 Å². The maximum absolute atomic E-state index is 12.4. The average molecular weight is 324 g/mol. The average Bonchev–Trinajstić information content (AvgIpc) is 2.26. The van der Waals surface area contributed by atoms with E-state index < -0.39 is 11.7 Å². The van der Waals surface area contributed by atoms with E-state index in [1.165, 1.54) is 6.07 Å². The van der Waals surface area contributed by atoms with Gasteiger partial charge in [0.25, 0.3) is 0 Å². The molecule has 0 aliphatic heterocycles. The highest BCUT2D eigenvalue weighted by atomic mass is 79.9. The number of alkyl halides is 3. The summed E-state index contributed by atoms with van der Waals surface area (Å²) in [5, 5.41) is 2.64. The fourth-order valence-electron chi connectivity index (χ4n) is 1.46. The molecule has 0 unspecified atom stereocenters. The Labute approximate surface area is 112 Å². The Bertz CT molecular complexity index is 432. The predicted octanol–water partition coefficient (Wildman–Crippen LogP) is 3.54. The number of aryl methyl sites for hydroxylation is 1. The Balaban J connectivity index is 2.72. The molecule has 2 nitrogen and oxygen atoms in total. The molecular weight excluding hydrogens is 311 g/mol. The van der Waals surface area contributed by atoms with Crippen molar-refractivity contribution in [1.29, 1.82) is 0 Å². The van der Waals surface area contributed by atoms with Gasteiger partial charge < -0.3 is 5.32 Å². The zero-order valence-corrected chi connectivity index (χ0v) is 11.4. The van der Waals surface area contributed by atoms with Crippen LogP contribution in [0.25, 0.3) is 0 Å². The maximum atomic E-state index is 12.4. The van der Waals surface area contributed by atoms with Gasteiger partial charge in [0.15, 0.2) is 0 Å². The Hall–Kier alpha value is -1.04. The molecule has 0 atom stereocenters. The van der Waals surface area contributed by atoms with Gasteiger partial charge in [0.1, 0.15) is 0 Å². The quantitative estimate of drug-likeness (QED) is 0.902. The molecule has 0 aliphatic carbocycles. The number of benzene rings is 1. The lowest BCUT2D eigenvalue weighted by Crippen LogP contribution is -2.22. The first-order chi connectivity index (χ1) is 8.34. The third-order valence-corrected chi connectivity index (χ3v) is 3.11. The van der Waals surface area contributed by atoms with Gasteiger partial charge in [-0.15, -0.1) is 0 Å². The van der Waals surface area contributed by atoms with Crippen LogP contribution < -0.4 is 5.32 Å². The molecule has 18 heavy (non-hydrogen) atoms. The minimum Gasteiger partial charge on any atom is -0.356 e. The summed E-state index contributed by atoms with van der Waals surface area (Å²) in [5.74, 6) is -0.107. The lowest BCUT2D eigenvalue weighted by atomic mass is 10.1. The molecule has 0 spiro atoms. The van der Waals surface area contributed by atoms with E-state index in [-0.39, 0.29) is 12.3 Å². The van der Waals surface area contributed by atoms with Crippen molar-refractivity contribution in [2.45, 2.75) is 25.9 Å². The number of carbonyl (C=O) groups is 1. The van der Waals surface area contributed by atoms with Crippen molar-refractivity contribution in [2.24, 2.45) is 0 Å². The normalized spacial score (nSPS) is 11.4. The second-order valence-electron chi connectivity index (χ2n) is 3.76. The minimum atomic E-state index is -4.35. The summed E-state index contributed by atoms with van der Waals surface area (Å²) in [6, 6.07) is 3.46. The molecule has 1 aromatic rings. The Morgan fingerprint density at radius 3 is 2.56 bits per heavy atom. The molecule has 0 aliphatic rings. The summed E-state index contributed by atoms with van der Waals surface area (Å²) in [4.78, 5) is 11.2. The number of carbonyl (C=O) groups excluding carboxylic acids is 1. The molecule has 1 N–H and O–H groups in total. The zero-order valence-electron chi connectivity index (χ0n) is 9.77. The monoisotopic (exact) mass is 323 g/mol. The Kier molecular flexibility index (Phi) is 5.19. The molecule has 0 saturated carbocycles. The van der Waals surface area contributed by atoms with Crippen LogP contribution in [0.4, 0.5) is 13.2 Å². The summed E-state index contributed by atoms with van der Waals surface area (Å²) < 4.78 is 37.7. The first-order valence-electron chi connectivity index (χ1n) is 5.47. The number of halogens is 4. The predicted molar refractivity (Wildman–Crippen MR) is 66.1 cm³/mol. The van der Waals surface area contributed by atoms with Gasteiger partial charge in [0, 0.05) is 17.4 Å².